The highest BCUT2D eigenvalue weighted by atomic mass is 16.3. The van der Waals surface area contributed by atoms with Gasteiger partial charge in [-0.2, -0.15) is 0 Å². The molecule has 0 aromatic carbocycles. The molecule has 0 aliphatic rings. The van der Waals surface area contributed by atoms with Crippen molar-refractivity contribution in [1.82, 2.24) is 5.32 Å². The summed E-state index contributed by atoms with van der Waals surface area (Å²) in [6.45, 7) is 5.17. The zero-order valence-electron chi connectivity index (χ0n) is 10.4. The third-order valence-corrected chi connectivity index (χ3v) is 2.95. The van der Waals surface area contributed by atoms with Gasteiger partial charge in [0.25, 0.3) is 0 Å². The van der Waals surface area contributed by atoms with Gasteiger partial charge in [0.15, 0.2) is 0 Å². The van der Waals surface area contributed by atoms with Gasteiger partial charge < -0.3 is 14.2 Å². The average Bonchev–Trinajstić information content (AvgIpc) is 2.98. The largest absolute Gasteiger partial charge is 0.472 e. The summed E-state index contributed by atoms with van der Waals surface area (Å²) in [6, 6.07) is 4.37. The van der Waals surface area contributed by atoms with E-state index >= 15 is 0 Å². The maximum Gasteiger partial charge on any atom is 0.108 e. The van der Waals surface area contributed by atoms with Crippen molar-refractivity contribution in [3.05, 3.63) is 47.8 Å². The van der Waals surface area contributed by atoms with Crippen LogP contribution in [0.1, 0.15) is 36.8 Å². The van der Waals surface area contributed by atoms with Crippen molar-refractivity contribution in [1.29, 1.82) is 0 Å². The van der Waals surface area contributed by atoms with Crippen LogP contribution in [0.4, 0.5) is 0 Å². The van der Waals surface area contributed by atoms with Crippen LogP contribution >= 0.6 is 0 Å². The maximum atomic E-state index is 5.50. The SMILES string of the molecule is CCNC(Cc1ccoc1)c1ccoc1CC. The van der Waals surface area contributed by atoms with Gasteiger partial charge in [-0.05, 0) is 30.7 Å². The molecule has 2 aromatic heterocycles. The van der Waals surface area contributed by atoms with Crippen molar-refractivity contribution in [2.75, 3.05) is 6.54 Å². The van der Waals surface area contributed by atoms with Crippen molar-refractivity contribution >= 4 is 0 Å². The first kappa shape index (κ1) is 12.0. The van der Waals surface area contributed by atoms with Crippen LogP contribution in [-0.4, -0.2) is 6.54 Å². The van der Waals surface area contributed by atoms with Gasteiger partial charge in [-0.3, -0.25) is 0 Å². The average molecular weight is 233 g/mol. The molecule has 0 spiro atoms. The summed E-state index contributed by atoms with van der Waals surface area (Å²) in [6.07, 6.45) is 7.14. The summed E-state index contributed by atoms with van der Waals surface area (Å²) in [4.78, 5) is 0. The van der Waals surface area contributed by atoms with Gasteiger partial charge in [-0.1, -0.05) is 13.8 Å². The van der Waals surface area contributed by atoms with Gasteiger partial charge >= 0.3 is 0 Å². The lowest BCUT2D eigenvalue weighted by Gasteiger charge is -2.17. The molecular weight excluding hydrogens is 214 g/mol. The number of aryl methyl sites for hydroxylation is 1. The molecule has 1 unspecified atom stereocenters. The molecule has 0 aliphatic heterocycles. The lowest BCUT2D eigenvalue weighted by molar-refractivity contribution is 0.485. The van der Waals surface area contributed by atoms with Crippen LogP contribution in [0, 0.1) is 0 Å². The molecule has 1 N–H and O–H groups in total. The van der Waals surface area contributed by atoms with E-state index in [1.54, 1.807) is 18.8 Å². The predicted molar refractivity (Wildman–Crippen MR) is 66.9 cm³/mol. The normalized spacial score (nSPS) is 12.8. The molecule has 3 nitrogen and oxygen atoms in total. The third kappa shape index (κ3) is 2.80. The predicted octanol–water partition coefficient (Wildman–Crippen LogP) is 3.33. The molecule has 2 aromatic rings. The van der Waals surface area contributed by atoms with Crippen LogP contribution in [0.5, 0.6) is 0 Å². The molecule has 92 valence electrons. The van der Waals surface area contributed by atoms with Gasteiger partial charge in [0.2, 0.25) is 0 Å². The van der Waals surface area contributed by atoms with Gasteiger partial charge in [0.05, 0.1) is 18.8 Å². The first-order chi connectivity index (χ1) is 8.35. The van der Waals surface area contributed by atoms with Crippen molar-refractivity contribution in [2.24, 2.45) is 0 Å². The summed E-state index contributed by atoms with van der Waals surface area (Å²) in [5.74, 6) is 1.07. The highest BCUT2D eigenvalue weighted by Gasteiger charge is 2.17. The second kappa shape index (κ2) is 5.73. The second-order valence-electron chi connectivity index (χ2n) is 4.10. The lowest BCUT2D eigenvalue weighted by Crippen LogP contribution is -2.23. The third-order valence-electron chi connectivity index (χ3n) is 2.95. The molecule has 0 fully saturated rings. The zero-order chi connectivity index (χ0) is 12.1. The first-order valence-electron chi connectivity index (χ1n) is 6.15. The summed E-state index contributed by atoms with van der Waals surface area (Å²) in [5.41, 5.74) is 2.47. The second-order valence-corrected chi connectivity index (χ2v) is 4.10. The quantitative estimate of drug-likeness (QED) is 0.831. The van der Waals surface area contributed by atoms with Gasteiger partial charge in [-0.15, -0.1) is 0 Å². The van der Waals surface area contributed by atoms with Crippen LogP contribution in [0.15, 0.2) is 39.8 Å². The molecule has 2 heterocycles. The Kier molecular flexibility index (Phi) is 4.04. The van der Waals surface area contributed by atoms with Gasteiger partial charge in [0.1, 0.15) is 5.76 Å². The van der Waals surface area contributed by atoms with Crippen LogP contribution in [-0.2, 0) is 12.8 Å². The van der Waals surface area contributed by atoms with E-state index in [1.165, 1.54) is 11.1 Å². The van der Waals surface area contributed by atoms with Crippen molar-refractivity contribution < 1.29 is 8.83 Å². The lowest BCUT2D eigenvalue weighted by atomic mass is 10.00. The Bertz CT molecular complexity index is 431. The summed E-state index contributed by atoms with van der Waals surface area (Å²) in [5, 5.41) is 3.50. The minimum absolute atomic E-state index is 0.297. The molecule has 0 aliphatic carbocycles. The Morgan fingerprint density at radius 2 is 2.12 bits per heavy atom. The first-order valence-corrected chi connectivity index (χ1v) is 6.15. The number of hydrogen-bond acceptors (Lipinski definition) is 3. The molecule has 0 amide bonds. The Labute approximate surface area is 102 Å². The topological polar surface area (TPSA) is 38.3 Å². The summed E-state index contributed by atoms with van der Waals surface area (Å²) in [7, 11) is 0. The number of furan rings is 2. The van der Waals surface area contributed by atoms with Crippen molar-refractivity contribution in [2.45, 2.75) is 32.7 Å². The van der Waals surface area contributed by atoms with E-state index < -0.39 is 0 Å². The molecule has 1 atom stereocenters. The van der Waals surface area contributed by atoms with E-state index in [9.17, 15) is 0 Å². The van der Waals surface area contributed by atoms with E-state index in [4.69, 9.17) is 8.83 Å². The Hall–Kier alpha value is -1.48. The molecular formula is C14H19NO2. The Morgan fingerprint density at radius 3 is 2.76 bits per heavy atom. The van der Waals surface area contributed by atoms with Crippen LogP contribution < -0.4 is 5.32 Å². The van der Waals surface area contributed by atoms with E-state index in [2.05, 4.69) is 25.2 Å². The number of nitrogens with one attached hydrogen (secondary N) is 1. The zero-order valence-corrected chi connectivity index (χ0v) is 10.4. The summed E-state index contributed by atoms with van der Waals surface area (Å²) < 4.78 is 10.6. The fourth-order valence-electron chi connectivity index (χ4n) is 2.13. The molecule has 0 bridgehead atoms. The monoisotopic (exact) mass is 233 g/mol. The molecule has 0 radical (unpaired) electrons. The van der Waals surface area contributed by atoms with Gasteiger partial charge in [0, 0.05) is 18.0 Å². The van der Waals surface area contributed by atoms with Crippen LogP contribution in [0.3, 0.4) is 0 Å². The highest BCUT2D eigenvalue weighted by molar-refractivity contribution is 5.24. The Morgan fingerprint density at radius 1 is 1.24 bits per heavy atom. The van der Waals surface area contributed by atoms with E-state index in [1.807, 2.05) is 6.07 Å². The summed E-state index contributed by atoms with van der Waals surface area (Å²) >= 11 is 0. The molecule has 17 heavy (non-hydrogen) atoms. The fraction of sp³-hybridized carbons (Fsp3) is 0.429. The van der Waals surface area contributed by atoms with Crippen molar-refractivity contribution in [3.8, 4) is 0 Å². The van der Waals surface area contributed by atoms with E-state index in [0.29, 0.717) is 6.04 Å². The number of hydrogen-bond donors (Lipinski definition) is 1. The van der Waals surface area contributed by atoms with Gasteiger partial charge in [-0.25, -0.2) is 0 Å². The molecule has 0 saturated carbocycles. The van der Waals surface area contributed by atoms with Crippen LogP contribution in [0.2, 0.25) is 0 Å². The number of likely N-dealkylation sites (N-methyl/N-ethyl adjacent to an activating group) is 1. The molecule has 2 rings (SSSR count). The minimum Gasteiger partial charge on any atom is -0.472 e. The maximum absolute atomic E-state index is 5.50. The standard InChI is InChI=1S/C14H19NO2/c1-3-14-12(6-8-17-14)13(15-4-2)9-11-5-7-16-10-11/h5-8,10,13,15H,3-4,9H2,1-2H3. The number of rotatable bonds is 6. The minimum atomic E-state index is 0.297. The van der Waals surface area contributed by atoms with E-state index in [-0.39, 0.29) is 0 Å². The van der Waals surface area contributed by atoms with Crippen LogP contribution in [0.25, 0.3) is 0 Å². The van der Waals surface area contributed by atoms with Crippen molar-refractivity contribution in [3.63, 3.8) is 0 Å². The highest BCUT2D eigenvalue weighted by Crippen LogP contribution is 2.23. The smallest absolute Gasteiger partial charge is 0.108 e. The molecule has 0 saturated heterocycles. The fourth-order valence-corrected chi connectivity index (χ4v) is 2.13. The van der Waals surface area contributed by atoms with E-state index in [0.717, 1.165) is 25.1 Å². The Balaban J connectivity index is 2.16. The molecule has 3 heteroatoms.